The van der Waals surface area contributed by atoms with E-state index < -0.39 is 0 Å². The summed E-state index contributed by atoms with van der Waals surface area (Å²) in [5.41, 5.74) is 7.96. The van der Waals surface area contributed by atoms with Crippen LogP contribution in [0.15, 0.2) is 18.2 Å². The fourth-order valence-electron chi connectivity index (χ4n) is 1.12. The molecule has 70 valence electrons. The molecule has 0 saturated heterocycles. The minimum atomic E-state index is 0.0975. The van der Waals surface area contributed by atoms with E-state index in [1.165, 1.54) is 0 Å². The van der Waals surface area contributed by atoms with Gasteiger partial charge in [0.1, 0.15) is 0 Å². The van der Waals surface area contributed by atoms with Gasteiger partial charge < -0.3 is 5.73 Å². The maximum atomic E-state index is 11.4. The molecule has 0 amide bonds. The molecule has 0 radical (unpaired) electrons. The molecule has 1 aromatic carbocycles. The van der Waals surface area contributed by atoms with E-state index in [0.29, 0.717) is 17.7 Å². The third-order valence-corrected chi connectivity index (χ3v) is 2.54. The van der Waals surface area contributed by atoms with Crippen LogP contribution in [0.3, 0.4) is 0 Å². The minimum Gasteiger partial charge on any atom is -0.398 e. The van der Waals surface area contributed by atoms with Crippen molar-refractivity contribution in [2.45, 2.75) is 18.7 Å². The normalized spacial score (nSPS) is 10.0. The summed E-state index contributed by atoms with van der Waals surface area (Å²) in [7, 11) is 0. The molecule has 0 atom stereocenters. The van der Waals surface area contributed by atoms with Gasteiger partial charge in [0, 0.05) is 23.0 Å². The Labute approximate surface area is 86.3 Å². The van der Waals surface area contributed by atoms with Crippen molar-refractivity contribution in [3.63, 3.8) is 0 Å². The molecule has 2 N–H and O–H groups in total. The molecule has 0 heterocycles. The first kappa shape index (κ1) is 10.3. The zero-order valence-corrected chi connectivity index (χ0v) is 9.10. The third kappa shape index (κ3) is 2.31. The van der Waals surface area contributed by atoms with Crippen LogP contribution in [0.25, 0.3) is 0 Å². The Bertz CT molecular complexity index is 323. The standard InChI is InChI=1S/C10H12BrNO/c1-2-10(13)8-5-7(6-11)3-4-9(8)12/h3-5H,2,6,12H2,1H3. The molecule has 0 spiro atoms. The van der Waals surface area contributed by atoms with Gasteiger partial charge in [-0.1, -0.05) is 28.9 Å². The molecule has 0 unspecified atom stereocenters. The Morgan fingerprint density at radius 3 is 2.77 bits per heavy atom. The molecule has 0 aliphatic carbocycles. The van der Waals surface area contributed by atoms with Crippen LogP contribution in [0.5, 0.6) is 0 Å². The Hall–Kier alpha value is -0.830. The third-order valence-electron chi connectivity index (χ3n) is 1.89. The number of benzene rings is 1. The molecule has 0 bridgehead atoms. The Morgan fingerprint density at radius 2 is 2.23 bits per heavy atom. The van der Waals surface area contributed by atoms with E-state index in [1.54, 1.807) is 6.07 Å². The van der Waals surface area contributed by atoms with Gasteiger partial charge in [0.25, 0.3) is 0 Å². The number of Topliss-reactive ketones (excluding diaryl/α,β-unsaturated/α-hetero) is 1. The van der Waals surface area contributed by atoms with E-state index in [9.17, 15) is 4.79 Å². The van der Waals surface area contributed by atoms with Crippen LogP contribution in [0.4, 0.5) is 5.69 Å². The van der Waals surface area contributed by atoms with Crippen LogP contribution in [0.2, 0.25) is 0 Å². The second-order valence-electron chi connectivity index (χ2n) is 2.83. The van der Waals surface area contributed by atoms with E-state index >= 15 is 0 Å². The maximum absolute atomic E-state index is 11.4. The molecule has 1 rings (SSSR count). The number of alkyl halides is 1. The number of carbonyl (C=O) groups is 1. The first-order valence-electron chi connectivity index (χ1n) is 4.16. The number of halogens is 1. The fraction of sp³-hybridized carbons (Fsp3) is 0.300. The second kappa shape index (κ2) is 4.42. The highest BCUT2D eigenvalue weighted by molar-refractivity contribution is 9.08. The smallest absolute Gasteiger partial charge is 0.164 e. The Morgan fingerprint density at radius 1 is 1.54 bits per heavy atom. The van der Waals surface area contributed by atoms with Crippen LogP contribution < -0.4 is 5.73 Å². The van der Waals surface area contributed by atoms with Gasteiger partial charge in [-0.15, -0.1) is 0 Å². The lowest BCUT2D eigenvalue weighted by atomic mass is 10.0. The largest absolute Gasteiger partial charge is 0.398 e. The van der Waals surface area contributed by atoms with Crippen LogP contribution in [-0.2, 0) is 5.33 Å². The van der Waals surface area contributed by atoms with Gasteiger partial charge in [-0.3, -0.25) is 4.79 Å². The van der Waals surface area contributed by atoms with Gasteiger partial charge in [-0.2, -0.15) is 0 Å². The lowest BCUT2D eigenvalue weighted by Gasteiger charge is -2.04. The first-order valence-corrected chi connectivity index (χ1v) is 5.28. The van der Waals surface area contributed by atoms with Crippen molar-refractivity contribution in [2.75, 3.05) is 5.73 Å². The number of nitrogens with two attached hydrogens (primary N) is 1. The Balaban J connectivity index is 3.11. The summed E-state index contributed by atoms with van der Waals surface area (Å²) < 4.78 is 0. The average molecular weight is 242 g/mol. The van der Waals surface area contributed by atoms with E-state index in [2.05, 4.69) is 15.9 Å². The van der Waals surface area contributed by atoms with Gasteiger partial charge in [0.05, 0.1) is 0 Å². The molecule has 0 saturated carbocycles. The van der Waals surface area contributed by atoms with Crippen LogP contribution >= 0.6 is 15.9 Å². The summed E-state index contributed by atoms with van der Waals surface area (Å²) in [6.07, 6.45) is 0.496. The summed E-state index contributed by atoms with van der Waals surface area (Å²) in [5, 5.41) is 0.747. The molecular weight excluding hydrogens is 230 g/mol. The quantitative estimate of drug-likeness (QED) is 0.503. The van der Waals surface area contributed by atoms with Gasteiger partial charge in [0.2, 0.25) is 0 Å². The number of anilines is 1. The van der Waals surface area contributed by atoms with E-state index in [-0.39, 0.29) is 5.78 Å². The van der Waals surface area contributed by atoms with Gasteiger partial charge in [0.15, 0.2) is 5.78 Å². The van der Waals surface area contributed by atoms with Gasteiger partial charge >= 0.3 is 0 Å². The SMILES string of the molecule is CCC(=O)c1cc(CBr)ccc1N. The van der Waals surface area contributed by atoms with Crippen molar-refractivity contribution in [3.05, 3.63) is 29.3 Å². The number of hydrogen-bond donors (Lipinski definition) is 1. The molecule has 2 nitrogen and oxygen atoms in total. The minimum absolute atomic E-state index is 0.0975. The highest BCUT2D eigenvalue weighted by Gasteiger charge is 2.07. The van der Waals surface area contributed by atoms with E-state index in [0.717, 1.165) is 10.9 Å². The summed E-state index contributed by atoms with van der Waals surface area (Å²) in [6.45, 7) is 1.84. The predicted octanol–water partition coefficient (Wildman–Crippen LogP) is 2.76. The monoisotopic (exact) mass is 241 g/mol. The molecule has 0 fully saturated rings. The fourth-order valence-corrected chi connectivity index (χ4v) is 1.47. The molecule has 1 aromatic rings. The summed E-state index contributed by atoms with van der Waals surface area (Å²) in [6, 6.07) is 5.53. The topological polar surface area (TPSA) is 43.1 Å². The van der Waals surface area contributed by atoms with Crippen molar-refractivity contribution >= 4 is 27.4 Å². The Kier molecular flexibility index (Phi) is 3.48. The van der Waals surface area contributed by atoms with Crippen molar-refractivity contribution in [3.8, 4) is 0 Å². The van der Waals surface area contributed by atoms with Crippen LogP contribution in [0.1, 0.15) is 29.3 Å². The predicted molar refractivity (Wildman–Crippen MR) is 58.1 cm³/mol. The van der Waals surface area contributed by atoms with E-state index in [1.807, 2.05) is 19.1 Å². The first-order chi connectivity index (χ1) is 6.19. The molecule has 0 aliphatic rings. The summed E-state index contributed by atoms with van der Waals surface area (Å²) in [5.74, 6) is 0.0975. The van der Waals surface area contributed by atoms with Crippen LogP contribution in [-0.4, -0.2) is 5.78 Å². The highest BCUT2D eigenvalue weighted by Crippen LogP contribution is 2.17. The van der Waals surface area contributed by atoms with Crippen molar-refractivity contribution in [1.29, 1.82) is 0 Å². The van der Waals surface area contributed by atoms with Gasteiger partial charge in [-0.25, -0.2) is 0 Å². The lowest BCUT2D eigenvalue weighted by Crippen LogP contribution is -2.02. The van der Waals surface area contributed by atoms with Crippen molar-refractivity contribution < 1.29 is 4.79 Å². The van der Waals surface area contributed by atoms with Gasteiger partial charge in [-0.05, 0) is 17.7 Å². The summed E-state index contributed by atoms with van der Waals surface area (Å²) in [4.78, 5) is 11.4. The molecule has 0 aliphatic heterocycles. The van der Waals surface area contributed by atoms with Crippen molar-refractivity contribution in [2.24, 2.45) is 0 Å². The van der Waals surface area contributed by atoms with Crippen LogP contribution in [0, 0.1) is 0 Å². The molecule has 13 heavy (non-hydrogen) atoms. The number of nitrogen functional groups attached to an aromatic ring is 1. The van der Waals surface area contributed by atoms with Crippen molar-refractivity contribution in [1.82, 2.24) is 0 Å². The molecule has 3 heteroatoms. The summed E-state index contributed by atoms with van der Waals surface area (Å²) >= 11 is 3.34. The highest BCUT2D eigenvalue weighted by atomic mass is 79.9. The zero-order chi connectivity index (χ0) is 9.84. The number of carbonyl (C=O) groups excluding carboxylic acids is 1. The number of rotatable bonds is 3. The molecular formula is C10H12BrNO. The maximum Gasteiger partial charge on any atom is 0.164 e. The number of hydrogen-bond acceptors (Lipinski definition) is 2. The molecule has 0 aromatic heterocycles. The lowest BCUT2D eigenvalue weighted by molar-refractivity contribution is 0.0989. The second-order valence-corrected chi connectivity index (χ2v) is 3.39. The van der Waals surface area contributed by atoms with E-state index in [4.69, 9.17) is 5.73 Å². The zero-order valence-electron chi connectivity index (χ0n) is 7.51. The number of ketones is 1. The average Bonchev–Trinajstić information content (AvgIpc) is 2.17.